The van der Waals surface area contributed by atoms with Crippen molar-refractivity contribution in [2.24, 2.45) is 0 Å². The lowest BCUT2D eigenvalue weighted by atomic mass is 10.0. The van der Waals surface area contributed by atoms with Crippen LogP contribution in [0.25, 0.3) is 84.5 Å². The van der Waals surface area contributed by atoms with Gasteiger partial charge >= 0.3 is 6.18 Å². The van der Waals surface area contributed by atoms with Gasteiger partial charge in [0.1, 0.15) is 17.5 Å². The molecule has 0 aliphatic carbocycles. The van der Waals surface area contributed by atoms with E-state index in [-0.39, 0.29) is 0 Å². The molecule has 10 aromatic rings. The summed E-state index contributed by atoms with van der Waals surface area (Å²) in [6.45, 7) is 4.11. The molecule has 0 fully saturated rings. The third kappa shape index (κ3) is 5.93. The zero-order valence-electron chi connectivity index (χ0n) is 30.8. The number of alkyl halides is 3. The van der Waals surface area contributed by atoms with Gasteiger partial charge in [-0.3, -0.25) is 13.7 Å². The van der Waals surface area contributed by atoms with Crippen molar-refractivity contribution in [3.8, 4) is 51.2 Å². The van der Waals surface area contributed by atoms with Gasteiger partial charge in [0, 0.05) is 39.9 Å². The Labute approximate surface area is 325 Å². The van der Waals surface area contributed by atoms with Gasteiger partial charge in [0.05, 0.1) is 33.1 Å². The van der Waals surface area contributed by atoms with E-state index in [1.54, 1.807) is 16.8 Å². The quantitative estimate of drug-likeness (QED) is 0.170. The zero-order chi connectivity index (χ0) is 38.8. The summed E-state index contributed by atoms with van der Waals surface area (Å²) >= 11 is 0. The number of hydrogen-bond acceptors (Lipinski definition) is 4. The zero-order valence-corrected chi connectivity index (χ0v) is 30.8. The number of fused-ring (bicyclic) bond motifs is 3. The Hall–Kier alpha value is -7.33. The largest absolute Gasteiger partial charge is 0.416 e. The second-order valence-corrected chi connectivity index (χ2v) is 14.2. The predicted octanol–water partition coefficient (Wildman–Crippen LogP) is 11.7. The third-order valence-corrected chi connectivity index (χ3v) is 10.2. The van der Waals surface area contributed by atoms with E-state index in [1.165, 1.54) is 12.1 Å². The molecule has 6 aromatic carbocycles. The highest BCUT2D eigenvalue weighted by atomic mass is 19.4. The number of benzene rings is 6. The van der Waals surface area contributed by atoms with Crippen LogP contribution in [0.4, 0.5) is 13.2 Å². The standard InChI is InChI=1S/C47H32F3N7/c1-29-11-7-14-35(23-29)55-40-19-5-3-17-38(40)52-44(55)31-25-32(45-53-39-18-4-6-20-41(39)56(45)37-16-9-13-34(28-37)47(48,49)50)27-33(26-31)46-54-43-42(21-10-22-51-43)57(46)36-15-8-12-30(2)24-36/h3-28H,1-2H3. The van der Waals surface area contributed by atoms with Crippen LogP contribution < -0.4 is 0 Å². The molecular weight excluding hydrogens is 720 g/mol. The molecule has 4 heterocycles. The van der Waals surface area contributed by atoms with E-state index in [0.29, 0.717) is 45.4 Å². The Morgan fingerprint density at radius 3 is 1.42 bits per heavy atom. The number of imidazole rings is 3. The SMILES string of the molecule is Cc1cccc(-n2c(-c3cc(-c4nc5ccccc5n4-c4cccc(C(F)(F)F)c4)cc(-c4nc5ncccc5n4-c4cccc(C)c4)c3)nc3ccccc32)c1. The fourth-order valence-corrected chi connectivity index (χ4v) is 7.70. The fourth-order valence-electron chi connectivity index (χ4n) is 7.70. The molecule has 57 heavy (non-hydrogen) atoms. The van der Waals surface area contributed by atoms with Gasteiger partial charge in [-0.2, -0.15) is 13.2 Å². The Bertz CT molecular complexity index is 3030. The number of hydrogen-bond donors (Lipinski definition) is 0. The molecule has 0 saturated carbocycles. The van der Waals surface area contributed by atoms with Crippen LogP contribution in [0.1, 0.15) is 16.7 Å². The number of nitrogens with zero attached hydrogens (tertiary/aromatic N) is 7. The Kier molecular flexibility index (Phi) is 7.89. The minimum atomic E-state index is -4.53. The number of para-hydroxylation sites is 4. The molecule has 10 rings (SSSR count). The molecule has 0 amide bonds. The van der Waals surface area contributed by atoms with Gasteiger partial charge in [-0.1, -0.05) is 54.6 Å². The highest BCUT2D eigenvalue weighted by Crippen LogP contribution is 2.39. The molecule has 0 N–H and O–H groups in total. The average Bonchev–Trinajstić information content (AvgIpc) is 3.93. The van der Waals surface area contributed by atoms with Crippen LogP contribution in [0.2, 0.25) is 0 Å². The van der Waals surface area contributed by atoms with Crippen molar-refractivity contribution in [1.29, 1.82) is 0 Å². The van der Waals surface area contributed by atoms with Crippen LogP contribution in [0, 0.1) is 13.8 Å². The first-order valence-corrected chi connectivity index (χ1v) is 18.5. The summed E-state index contributed by atoms with van der Waals surface area (Å²) in [6, 6.07) is 47.3. The van der Waals surface area contributed by atoms with Gasteiger partial charge in [0.25, 0.3) is 0 Å². The summed E-state index contributed by atoms with van der Waals surface area (Å²) < 4.78 is 48.5. The van der Waals surface area contributed by atoms with Crippen LogP contribution >= 0.6 is 0 Å². The summed E-state index contributed by atoms with van der Waals surface area (Å²) in [6.07, 6.45) is -2.80. The molecule has 0 radical (unpaired) electrons. The highest BCUT2D eigenvalue weighted by molar-refractivity contribution is 5.89. The van der Waals surface area contributed by atoms with Crippen molar-refractivity contribution >= 4 is 33.2 Å². The van der Waals surface area contributed by atoms with Crippen molar-refractivity contribution < 1.29 is 13.2 Å². The normalized spacial score (nSPS) is 11.9. The lowest BCUT2D eigenvalue weighted by Crippen LogP contribution is -2.07. The molecule has 276 valence electrons. The Morgan fingerprint density at radius 1 is 0.439 bits per heavy atom. The molecule has 0 saturated heterocycles. The lowest BCUT2D eigenvalue weighted by Gasteiger charge is -2.16. The summed E-state index contributed by atoms with van der Waals surface area (Å²) in [4.78, 5) is 20.1. The van der Waals surface area contributed by atoms with Crippen molar-refractivity contribution in [2.45, 2.75) is 20.0 Å². The van der Waals surface area contributed by atoms with Gasteiger partial charge in [-0.05, 0) is 122 Å². The molecule has 0 unspecified atom stereocenters. The average molecular weight is 752 g/mol. The van der Waals surface area contributed by atoms with E-state index < -0.39 is 11.7 Å². The molecule has 0 bridgehead atoms. The van der Waals surface area contributed by atoms with Gasteiger partial charge < -0.3 is 0 Å². The maximum absolute atomic E-state index is 14.2. The number of aryl methyl sites for hydroxylation is 2. The van der Waals surface area contributed by atoms with E-state index in [9.17, 15) is 13.2 Å². The van der Waals surface area contributed by atoms with Crippen LogP contribution in [0.5, 0.6) is 0 Å². The van der Waals surface area contributed by atoms with E-state index >= 15 is 0 Å². The lowest BCUT2D eigenvalue weighted by molar-refractivity contribution is -0.137. The van der Waals surface area contributed by atoms with Crippen molar-refractivity contribution in [3.63, 3.8) is 0 Å². The molecule has 4 aromatic heterocycles. The number of aromatic nitrogens is 7. The molecule has 0 atom stereocenters. The van der Waals surface area contributed by atoms with Crippen molar-refractivity contribution in [1.82, 2.24) is 33.6 Å². The topological polar surface area (TPSA) is 66.3 Å². The van der Waals surface area contributed by atoms with Crippen LogP contribution in [0.15, 0.2) is 158 Å². The maximum Gasteiger partial charge on any atom is 0.416 e. The van der Waals surface area contributed by atoms with Crippen LogP contribution in [0.3, 0.4) is 0 Å². The first-order valence-electron chi connectivity index (χ1n) is 18.5. The molecule has 0 spiro atoms. The van der Waals surface area contributed by atoms with Gasteiger partial charge in [-0.15, -0.1) is 0 Å². The van der Waals surface area contributed by atoms with E-state index in [4.69, 9.17) is 15.0 Å². The highest BCUT2D eigenvalue weighted by Gasteiger charge is 2.31. The minimum absolute atomic E-state index is 0.337. The molecule has 0 aliphatic rings. The van der Waals surface area contributed by atoms with Crippen LogP contribution in [-0.4, -0.2) is 33.6 Å². The van der Waals surface area contributed by atoms with Crippen molar-refractivity contribution in [3.05, 3.63) is 175 Å². The van der Waals surface area contributed by atoms with Gasteiger partial charge in [-0.25, -0.2) is 19.9 Å². The molecule has 10 heteroatoms. The van der Waals surface area contributed by atoms with Crippen molar-refractivity contribution in [2.75, 3.05) is 0 Å². The predicted molar refractivity (Wildman–Crippen MR) is 219 cm³/mol. The fraction of sp³-hybridized carbons (Fsp3) is 0.0638. The summed E-state index contributed by atoms with van der Waals surface area (Å²) in [5.74, 6) is 1.79. The van der Waals surface area contributed by atoms with Crippen LogP contribution in [-0.2, 0) is 6.18 Å². The Balaban J connectivity index is 1.31. The molecule has 0 aliphatic heterocycles. The second kappa shape index (κ2) is 13.2. The monoisotopic (exact) mass is 751 g/mol. The smallest absolute Gasteiger partial charge is 0.292 e. The van der Waals surface area contributed by atoms with Gasteiger partial charge in [0.2, 0.25) is 0 Å². The Morgan fingerprint density at radius 2 is 0.895 bits per heavy atom. The van der Waals surface area contributed by atoms with Gasteiger partial charge in [0.15, 0.2) is 5.65 Å². The summed E-state index contributed by atoms with van der Waals surface area (Å²) in [7, 11) is 0. The summed E-state index contributed by atoms with van der Waals surface area (Å²) in [5.41, 5.74) is 10.2. The second-order valence-electron chi connectivity index (χ2n) is 14.2. The summed E-state index contributed by atoms with van der Waals surface area (Å²) in [5, 5.41) is 0. The number of halogens is 3. The number of pyridine rings is 1. The molecule has 7 nitrogen and oxygen atoms in total. The third-order valence-electron chi connectivity index (χ3n) is 10.2. The first-order chi connectivity index (χ1) is 27.7. The molecular formula is C47H32F3N7. The maximum atomic E-state index is 14.2. The van der Waals surface area contributed by atoms with E-state index in [0.717, 1.165) is 56.2 Å². The first kappa shape index (κ1) is 34.2. The van der Waals surface area contributed by atoms with E-state index in [2.05, 4.69) is 57.4 Å². The van der Waals surface area contributed by atoms with E-state index in [1.807, 2.05) is 97.9 Å². The number of rotatable bonds is 6. The minimum Gasteiger partial charge on any atom is -0.292 e.